The molecule has 0 spiro atoms. The summed E-state index contributed by atoms with van der Waals surface area (Å²) in [7, 11) is 0. The lowest BCUT2D eigenvalue weighted by Gasteiger charge is -2.12. The van der Waals surface area contributed by atoms with E-state index in [1.807, 2.05) is 0 Å². The lowest BCUT2D eigenvalue weighted by Crippen LogP contribution is -2.36. The summed E-state index contributed by atoms with van der Waals surface area (Å²) in [6.45, 7) is 2.22. The summed E-state index contributed by atoms with van der Waals surface area (Å²) >= 11 is 0. The third-order valence-electron chi connectivity index (χ3n) is 4.35. The largest absolute Gasteiger partial charge is 0.490 e. The zero-order chi connectivity index (χ0) is 33.4. The zero-order valence-corrected chi connectivity index (χ0v) is 22.0. The van der Waals surface area contributed by atoms with E-state index < -0.39 is 29.9 Å². The van der Waals surface area contributed by atoms with Crippen LogP contribution in [0.1, 0.15) is 11.3 Å². The van der Waals surface area contributed by atoms with Crippen molar-refractivity contribution in [2.24, 2.45) is 16.6 Å². The summed E-state index contributed by atoms with van der Waals surface area (Å²) in [4.78, 5) is 51.3. The molecule has 0 aliphatic rings. The number of anilines is 1. The second kappa shape index (κ2) is 17.6. The number of carboxylic acid groups (broad SMARTS) is 2. The van der Waals surface area contributed by atoms with Gasteiger partial charge in [-0.05, 0) is 36.2 Å². The Kier molecular flexibility index (Phi) is 15.6. The lowest BCUT2D eigenvalue weighted by molar-refractivity contribution is -0.193. The van der Waals surface area contributed by atoms with Crippen LogP contribution < -0.4 is 27.7 Å². The van der Waals surface area contributed by atoms with Gasteiger partial charge in [-0.15, -0.1) is 0 Å². The quantitative estimate of drug-likeness (QED) is 0.0710. The molecule has 2 aromatic rings. The SMILES string of the molecule is Cc1cnc(NCCc2ccc(F)cc2)c(=O)n1CC(=O)NCCON=C(N)N.O=C(O)C(F)(F)F.O=C(O)C(F)(F)F. The molecular weight excluding hydrogens is 607 g/mol. The number of nitrogens with two attached hydrogens (primary N) is 2. The summed E-state index contributed by atoms with van der Waals surface area (Å²) < 4.78 is 77.7. The van der Waals surface area contributed by atoms with Gasteiger partial charge in [0.05, 0.1) is 6.54 Å². The minimum Gasteiger partial charge on any atom is -0.475 e. The minimum absolute atomic E-state index is 0.0874. The molecule has 1 aromatic carbocycles. The summed E-state index contributed by atoms with van der Waals surface area (Å²) in [5, 5.41) is 23.1. The van der Waals surface area contributed by atoms with Gasteiger partial charge < -0.3 is 37.2 Å². The molecule has 0 saturated heterocycles. The molecule has 0 radical (unpaired) electrons. The van der Waals surface area contributed by atoms with Gasteiger partial charge in [-0.25, -0.2) is 19.0 Å². The average Bonchev–Trinajstić information content (AvgIpc) is 2.88. The Balaban J connectivity index is 0.00000104. The molecule has 0 aliphatic heterocycles. The van der Waals surface area contributed by atoms with Gasteiger partial charge in [0.25, 0.3) is 5.56 Å². The predicted molar refractivity (Wildman–Crippen MR) is 134 cm³/mol. The van der Waals surface area contributed by atoms with Gasteiger partial charge in [0.15, 0.2) is 5.82 Å². The highest BCUT2D eigenvalue weighted by Gasteiger charge is 2.38. The van der Waals surface area contributed by atoms with Gasteiger partial charge in [-0.2, -0.15) is 26.3 Å². The van der Waals surface area contributed by atoms with Crippen molar-refractivity contribution >= 4 is 29.6 Å². The number of halogens is 7. The Morgan fingerprint density at radius 3 is 1.98 bits per heavy atom. The fourth-order valence-electron chi connectivity index (χ4n) is 2.42. The van der Waals surface area contributed by atoms with Crippen molar-refractivity contribution in [1.29, 1.82) is 0 Å². The summed E-state index contributed by atoms with van der Waals surface area (Å²) in [6.07, 6.45) is -8.07. The number of aromatic nitrogens is 2. The molecule has 21 heteroatoms. The summed E-state index contributed by atoms with van der Waals surface area (Å²) in [5.74, 6) is -6.26. The van der Waals surface area contributed by atoms with Gasteiger partial charge in [-0.1, -0.05) is 12.1 Å². The Labute approximate surface area is 237 Å². The molecular formula is C22H26F7N7O7. The fourth-order valence-corrected chi connectivity index (χ4v) is 2.42. The predicted octanol–water partition coefficient (Wildman–Crippen LogP) is 0.933. The first-order valence-corrected chi connectivity index (χ1v) is 11.4. The van der Waals surface area contributed by atoms with E-state index in [9.17, 15) is 40.3 Å². The van der Waals surface area contributed by atoms with Crippen LogP contribution in [0.3, 0.4) is 0 Å². The summed E-state index contributed by atoms with van der Waals surface area (Å²) in [6, 6.07) is 6.12. The van der Waals surface area contributed by atoms with Crippen LogP contribution in [0.4, 0.5) is 36.6 Å². The summed E-state index contributed by atoms with van der Waals surface area (Å²) in [5.41, 5.74) is 11.3. The Hall–Kier alpha value is -5.11. The molecule has 1 amide bonds. The molecule has 43 heavy (non-hydrogen) atoms. The number of nitrogens with one attached hydrogen (secondary N) is 2. The van der Waals surface area contributed by atoms with Crippen LogP contribution in [0.25, 0.3) is 0 Å². The van der Waals surface area contributed by atoms with Crippen molar-refractivity contribution in [3.63, 3.8) is 0 Å². The number of guanidine groups is 1. The number of nitrogens with zero attached hydrogens (tertiary/aromatic N) is 3. The van der Waals surface area contributed by atoms with Crippen LogP contribution >= 0.6 is 0 Å². The van der Waals surface area contributed by atoms with E-state index in [4.69, 9.17) is 36.1 Å². The number of carbonyl (C=O) groups excluding carboxylic acids is 1. The van der Waals surface area contributed by atoms with Gasteiger partial charge in [0, 0.05) is 18.4 Å². The van der Waals surface area contributed by atoms with E-state index in [0.717, 1.165) is 5.56 Å². The minimum atomic E-state index is -5.08. The second-order valence-corrected chi connectivity index (χ2v) is 7.75. The van der Waals surface area contributed by atoms with Crippen molar-refractivity contribution < 1.29 is 60.2 Å². The van der Waals surface area contributed by atoms with E-state index in [0.29, 0.717) is 18.7 Å². The number of benzene rings is 1. The van der Waals surface area contributed by atoms with E-state index in [-0.39, 0.29) is 43.2 Å². The maximum atomic E-state index is 12.9. The number of hydrogen-bond acceptors (Lipinski definition) is 8. The van der Waals surface area contributed by atoms with E-state index in [1.165, 1.54) is 22.9 Å². The lowest BCUT2D eigenvalue weighted by atomic mass is 10.1. The second-order valence-electron chi connectivity index (χ2n) is 7.75. The third kappa shape index (κ3) is 16.7. The average molecular weight is 633 g/mol. The normalized spacial score (nSPS) is 10.6. The van der Waals surface area contributed by atoms with Crippen molar-refractivity contribution in [3.8, 4) is 0 Å². The highest BCUT2D eigenvalue weighted by Crippen LogP contribution is 2.13. The van der Waals surface area contributed by atoms with Crippen molar-refractivity contribution in [3.05, 3.63) is 57.9 Å². The van der Waals surface area contributed by atoms with Gasteiger partial charge in [0.2, 0.25) is 11.9 Å². The Morgan fingerprint density at radius 2 is 1.51 bits per heavy atom. The van der Waals surface area contributed by atoms with Crippen molar-refractivity contribution in [2.75, 3.05) is 25.0 Å². The number of carbonyl (C=O) groups is 3. The monoisotopic (exact) mass is 633 g/mol. The van der Waals surface area contributed by atoms with Crippen LogP contribution in [0.5, 0.6) is 0 Å². The van der Waals surface area contributed by atoms with Crippen LogP contribution in [0.15, 0.2) is 40.4 Å². The molecule has 0 aliphatic carbocycles. The first kappa shape index (κ1) is 37.9. The standard InChI is InChI=1S/C18H24FN7O3.2C2HF3O2/c1-12-10-24-16(23-7-6-13-2-4-14(19)5-3-13)17(28)26(12)11-15(27)22-8-9-29-25-18(20)21;2*3-2(4,5)1(6)7/h2-5,10H,6-9,11H2,1H3,(H,22,27)(H,23,24)(H4,20,21,25);2*(H,6,7). The number of carboxylic acids is 2. The molecule has 0 saturated carbocycles. The molecule has 0 unspecified atom stereocenters. The topological polar surface area (TPSA) is 224 Å². The molecule has 0 atom stereocenters. The highest BCUT2D eigenvalue weighted by molar-refractivity contribution is 5.76. The van der Waals surface area contributed by atoms with Crippen molar-refractivity contribution in [1.82, 2.24) is 14.9 Å². The zero-order valence-electron chi connectivity index (χ0n) is 22.0. The molecule has 0 bridgehead atoms. The molecule has 240 valence electrons. The fraction of sp³-hybridized carbons (Fsp3) is 0.364. The number of oxime groups is 1. The van der Waals surface area contributed by atoms with E-state index in [1.54, 1.807) is 19.1 Å². The third-order valence-corrected chi connectivity index (χ3v) is 4.35. The molecule has 8 N–H and O–H groups in total. The molecule has 1 aromatic heterocycles. The van der Waals surface area contributed by atoms with Gasteiger partial charge in [-0.3, -0.25) is 14.2 Å². The Bertz CT molecular complexity index is 1270. The van der Waals surface area contributed by atoms with Crippen molar-refractivity contribution in [2.45, 2.75) is 32.2 Å². The first-order chi connectivity index (χ1) is 19.7. The van der Waals surface area contributed by atoms with Gasteiger partial charge in [0.1, 0.15) is 19.0 Å². The maximum Gasteiger partial charge on any atom is 0.490 e. The smallest absolute Gasteiger partial charge is 0.475 e. The molecule has 1 heterocycles. The van der Waals surface area contributed by atoms with Crippen LogP contribution in [-0.4, -0.2) is 75.6 Å². The van der Waals surface area contributed by atoms with Crippen LogP contribution in [0.2, 0.25) is 0 Å². The van der Waals surface area contributed by atoms with Crippen LogP contribution in [-0.2, 0) is 32.2 Å². The molecule has 14 nitrogen and oxygen atoms in total. The number of alkyl halides is 6. The Morgan fingerprint density at radius 1 is 1.00 bits per heavy atom. The van der Waals surface area contributed by atoms with Crippen LogP contribution in [0, 0.1) is 12.7 Å². The number of rotatable bonds is 10. The number of aliphatic carboxylic acids is 2. The van der Waals surface area contributed by atoms with Gasteiger partial charge >= 0.3 is 24.3 Å². The molecule has 0 fully saturated rings. The van der Waals surface area contributed by atoms with E-state index >= 15 is 0 Å². The van der Waals surface area contributed by atoms with E-state index in [2.05, 4.69) is 20.8 Å². The first-order valence-electron chi connectivity index (χ1n) is 11.4. The highest BCUT2D eigenvalue weighted by atomic mass is 19.4. The maximum absolute atomic E-state index is 12.9. The molecule has 2 rings (SSSR count). The number of aryl methyl sites for hydroxylation is 1. The number of amides is 1. The number of hydrogen-bond donors (Lipinski definition) is 6.